The van der Waals surface area contributed by atoms with E-state index in [4.69, 9.17) is 14.9 Å². The van der Waals surface area contributed by atoms with Crippen LogP contribution in [-0.2, 0) is 24.0 Å². The second kappa shape index (κ2) is 9.55. The lowest BCUT2D eigenvalue weighted by Gasteiger charge is -2.42. The highest BCUT2D eigenvalue weighted by Crippen LogP contribution is 2.55. The zero-order chi connectivity index (χ0) is 26.4. The van der Waals surface area contributed by atoms with Gasteiger partial charge in [0.05, 0.1) is 24.9 Å². The van der Waals surface area contributed by atoms with E-state index in [9.17, 15) is 24.0 Å². The number of aliphatic hydroxyl groups excluding tert-OH is 1. The maximum Gasteiger partial charge on any atom is 0.305 e. The smallest absolute Gasteiger partial charge is 0.305 e. The van der Waals surface area contributed by atoms with E-state index >= 15 is 0 Å². The summed E-state index contributed by atoms with van der Waals surface area (Å²) in [5.41, 5.74) is 2.71. The van der Waals surface area contributed by atoms with Crippen LogP contribution in [0.2, 0.25) is 0 Å². The number of nitrogens with zero attached hydrogens (tertiary/aromatic N) is 1. The van der Waals surface area contributed by atoms with Gasteiger partial charge in [0.15, 0.2) is 11.6 Å². The molecular formula is C28H27NO8. The van der Waals surface area contributed by atoms with Crippen LogP contribution in [0.3, 0.4) is 0 Å². The van der Waals surface area contributed by atoms with E-state index < -0.39 is 35.5 Å². The second-order valence-corrected chi connectivity index (χ2v) is 9.84. The van der Waals surface area contributed by atoms with Crippen LogP contribution in [0.25, 0.3) is 0 Å². The van der Waals surface area contributed by atoms with Crippen molar-refractivity contribution in [1.29, 1.82) is 0 Å². The number of carbonyl (C=O) groups excluding carboxylic acids is 4. The first-order chi connectivity index (χ1) is 17.7. The van der Waals surface area contributed by atoms with Crippen molar-refractivity contribution < 1.29 is 38.9 Å². The Kier molecular flexibility index (Phi) is 6.41. The number of benzene rings is 1. The minimum Gasteiger partial charge on any atom is -0.491 e. The third-order valence-corrected chi connectivity index (χ3v) is 7.78. The first kappa shape index (κ1) is 24.8. The van der Waals surface area contributed by atoms with Crippen LogP contribution in [0, 0.1) is 17.8 Å². The fourth-order valence-electron chi connectivity index (χ4n) is 6.17. The fourth-order valence-corrected chi connectivity index (χ4v) is 6.17. The Labute approximate surface area is 213 Å². The monoisotopic (exact) mass is 505 g/mol. The van der Waals surface area contributed by atoms with Crippen molar-refractivity contribution in [3.63, 3.8) is 0 Å². The molecule has 37 heavy (non-hydrogen) atoms. The van der Waals surface area contributed by atoms with E-state index in [1.165, 1.54) is 6.08 Å². The van der Waals surface area contributed by atoms with Gasteiger partial charge in [-0.25, -0.2) is 0 Å². The summed E-state index contributed by atoms with van der Waals surface area (Å²) in [6, 6.07) is 7.08. The van der Waals surface area contributed by atoms with Crippen molar-refractivity contribution in [2.45, 2.75) is 32.1 Å². The first-order valence-corrected chi connectivity index (χ1v) is 12.3. The normalized spacial score (nSPS) is 26.9. The maximum atomic E-state index is 13.4. The van der Waals surface area contributed by atoms with Crippen LogP contribution in [0.15, 0.2) is 58.7 Å². The van der Waals surface area contributed by atoms with E-state index in [0.717, 1.165) is 16.0 Å². The summed E-state index contributed by atoms with van der Waals surface area (Å²) in [7, 11) is 0. The number of hydrogen-bond acceptors (Lipinski definition) is 7. The molecule has 1 aromatic carbocycles. The Bertz CT molecular complexity index is 1300. The molecular weight excluding hydrogens is 478 g/mol. The molecule has 1 aliphatic heterocycles. The topological polar surface area (TPSA) is 138 Å². The number of ether oxygens (including phenoxy) is 1. The van der Waals surface area contributed by atoms with Crippen molar-refractivity contribution in [1.82, 2.24) is 4.90 Å². The number of imide groups is 1. The van der Waals surface area contributed by atoms with Crippen LogP contribution in [0.4, 0.5) is 0 Å². The van der Waals surface area contributed by atoms with Gasteiger partial charge >= 0.3 is 5.97 Å². The lowest BCUT2D eigenvalue weighted by atomic mass is 9.59. The number of carboxylic acid groups (broad SMARTS) is 1. The predicted octanol–water partition coefficient (Wildman–Crippen LogP) is 1.96. The molecule has 9 heteroatoms. The minimum absolute atomic E-state index is 0.129. The molecule has 1 heterocycles. The molecule has 2 amide bonds. The van der Waals surface area contributed by atoms with Gasteiger partial charge < -0.3 is 14.9 Å². The van der Waals surface area contributed by atoms with Crippen molar-refractivity contribution in [2.75, 3.05) is 19.8 Å². The molecule has 1 saturated heterocycles. The van der Waals surface area contributed by atoms with E-state index in [0.29, 0.717) is 28.9 Å². The zero-order valence-corrected chi connectivity index (χ0v) is 20.3. The van der Waals surface area contributed by atoms with Crippen molar-refractivity contribution in [3.8, 4) is 5.75 Å². The number of likely N-dealkylation sites (tertiary alicyclic amines) is 1. The summed E-state index contributed by atoms with van der Waals surface area (Å²) >= 11 is 0. The SMILES string of the molecule is CC1=CC(=O)C2=C(C[C@@H]3C(=CC[C@@H]4C(=O)N(CCC(=O)O)C(=O)[C@@H]43)[C@@H]2c2ccc(OCCO)cc2)C1=O. The number of aliphatic carboxylic acids is 1. The maximum absolute atomic E-state index is 13.4. The molecule has 5 rings (SSSR count). The van der Waals surface area contributed by atoms with Crippen molar-refractivity contribution in [2.24, 2.45) is 17.8 Å². The van der Waals surface area contributed by atoms with Gasteiger partial charge in [0.1, 0.15) is 12.4 Å². The molecule has 9 nitrogen and oxygen atoms in total. The van der Waals surface area contributed by atoms with Crippen LogP contribution in [-0.4, -0.2) is 64.2 Å². The summed E-state index contributed by atoms with van der Waals surface area (Å²) in [5, 5.41) is 18.1. The summed E-state index contributed by atoms with van der Waals surface area (Å²) in [5.74, 6) is -4.15. The minimum atomic E-state index is -1.10. The number of carbonyl (C=O) groups is 5. The molecule has 0 bridgehead atoms. The zero-order valence-electron chi connectivity index (χ0n) is 20.3. The number of ketones is 2. The molecule has 1 fully saturated rings. The van der Waals surface area contributed by atoms with Gasteiger partial charge in [-0.05, 0) is 49.5 Å². The standard InChI is InChI=1S/C28H27NO8/c1-14-12-21(31)25-20(26(14)34)13-19-17(23(25)15-2-4-16(5-3-15)37-11-10-30)6-7-18-24(19)28(36)29(27(18)35)9-8-22(32)33/h2-6,12,18-19,23-24,30H,7-11,13H2,1H3,(H,32,33)/t18-,19+,23-,24-/m0/s1. The molecule has 192 valence electrons. The van der Waals surface area contributed by atoms with E-state index in [-0.39, 0.29) is 50.1 Å². The Balaban J connectivity index is 1.57. The molecule has 1 aromatic rings. The number of aliphatic hydroxyl groups is 1. The average molecular weight is 506 g/mol. The first-order valence-electron chi connectivity index (χ1n) is 12.3. The Morgan fingerprint density at radius 3 is 2.49 bits per heavy atom. The fraction of sp³-hybridized carbons (Fsp3) is 0.393. The Morgan fingerprint density at radius 2 is 1.81 bits per heavy atom. The molecule has 0 saturated carbocycles. The molecule has 3 aliphatic carbocycles. The number of hydrogen-bond donors (Lipinski definition) is 2. The predicted molar refractivity (Wildman–Crippen MR) is 129 cm³/mol. The lowest BCUT2D eigenvalue weighted by molar-refractivity contribution is -0.142. The molecule has 0 aromatic heterocycles. The number of fused-ring (bicyclic) bond motifs is 3. The van der Waals surface area contributed by atoms with Gasteiger partial charge in [-0.3, -0.25) is 28.9 Å². The van der Waals surface area contributed by atoms with Crippen LogP contribution < -0.4 is 4.74 Å². The van der Waals surface area contributed by atoms with Gasteiger partial charge in [-0.2, -0.15) is 0 Å². The number of Topliss-reactive ketones (excluding diaryl/α,β-unsaturated/α-hetero) is 1. The molecule has 4 aliphatic rings. The average Bonchev–Trinajstić information content (AvgIpc) is 3.13. The quantitative estimate of drug-likeness (QED) is 0.326. The lowest BCUT2D eigenvalue weighted by Crippen LogP contribution is -2.40. The van der Waals surface area contributed by atoms with Crippen LogP contribution >= 0.6 is 0 Å². The van der Waals surface area contributed by atoms with E-state index in [2.05, 4.69) is 0 Å². The third kappa shape index (κ3) is 4.13. The van der Waals surface area contributed by atoms with Gasteiger partial charge in [0.25, 0.3) is 0 Å². The molecule has 0 spiro atoms. The van der Waals surface area contributed by atoms with Gasteiger partial charge in [-0.1, -0.05) is 23.8 Å². The number of allylic oxidation sites excluding steroid dienone is 6. The van der Waals surface area contributed by atoms with Crippen molar-refractivity contribution in [3.05, 3.63) is 64.3 Å². The van der Waals surface area contributed by atoms with Gasteiger partial charge in [0, 0.05) is 29.2 Å². The van der Waals surface area contributed by atoms with E-state index in [1.807, 2.05) is 6.08 Å². The molecule has 0 unspecified atom stereocenters. The number of rotatable bonds is 7. The summed E-state index contributed by atoms with van der Waals surface area (Å²) in [6.07, 6.45) is 3.43. The van der Waals surface area contributed by atoms with Crippen LogP contribution in [0.1, 0.15) is 37.7 Å². The number of amides is 2. The van der Waals surface area contributed by atoms with Crippen molar-refractivity contribution >= 4 is 29.4 Å². The highest BCUT2D eigenvalue weighted by atomic mass is 16.5. The molecule has 0 radical (unpaired) electrons. The largest absolute Gasteiger partial charge is 0.491 e. The number of carboxylic acids is 1. The van der Waals surface area contributed by atoms with Gasteiger partial charge in [-0.15, -0.1) is 0 Å². The third-order valence-electron chi connectivity index (χ3n) is 7.78. The summed E-state index contributed by atoms with van der Waals surface area (Å²) < 4.78 is 5.46. The summed E-state index contributed by atoms with van der Waals surface area (Å²) in [6.45, 7) is 1.42. The molecule has 4 atom stereocenters. The Morgan fingerprint density at radius 1 is 1.08 bits per heavy atom. The van der Waals surface area contributed by atoms with Gasteiger partial charge in [0.2, 0.25) is 11.8 Å². The Hall–Kier alpha value is -3.85. The highest BCUT2D eigenvalue weighted by Gasteiger charge is 2.56. The summed E-state index contributed by atoms with van der Waals surface area (Å²) in [4.78, 5) is 65.1. The molecule has 2 N–H and O–H groups in total. The van der Waals surface area contributed by atoms with E-state index in [1.54, 1.807) is 31.2 Å². The van der Waals surface area contributed by atoms with Crippen LogP contribution in [0.5, 0.6) is 5.75 Å². The highest BCUT2D eigenvalue weighted by molar-refractivity contribution is 6.23. The second-order valence-electron chi connectivity index (χ2n) is 9.84.